The first-order valence-corrected chi connectivity index (χ1v) is 5.22. The van der Waals surface area contributed by atoms with Crippen LogP contribution in [0.15, 0.2) is 12.5 Å². The van der Waals surface area contributed by atoms with Crippen molar-refractivity contribution >= 4 is 0 Å². The fraction of sp³-hybridized carbons (Fsp3) is 0.727. The molecule has 14 heavy (non-hydrogen) atoms. The lowest BCUT2D eigenvalue weighted by molar-refractivity contribution is 0.348. The van der Waals surface area contributed by atoms with Crippen LogP contribution in [0.3, 0.4) is 0 Å². The van der Waals surface area contributed by atoms with Crippen LogP contribution in [0.4, 0.5) is 0 Å². The number of nitrogens with two attached hydrogens (primary N) is 1. The van der Waals surface area contributed by atoms with Gasteiger partial charge < -0.3 is 10.3 Å². The second-order valence-electron chi connectivity index (χ2n) is 4.93. The zero-order valence-corrected chi connectivity index (χ0v) is 9.45. The third-order valence-corrected chi connectivity index (χ3v) is 2.30. The Hall–Kier alpha value is -0.830. The van der Waals surface area contributed by atoms with E-state index in [9.17, 15) is 0 Å². The number of aryl methyl sites for hydroxylation is 1. The van der Waals surface area contributed by atoms with Crippen molar-refractivity contribution in [1.82, 2.24) is 9.55 Å². The van der Waals surface area contributed by atoms with Crippen LogP contribution in [0.25, 0.3) is 0 Å². The molecule has 0 radical (unpaired) electrons. The van der Waals surface area contributed by atoms with E-state index in [2.05, 4.69) is 30.3 Å². The number of nitrogens with zero attached hydrogens (tertiary/aromatic N) is 2. The van der Waals surface area contributed by atoms with Gasteiger partial charge in [0.15, 0.2) is 0 Å². The Morgan fingerprint density at radius 2 is 2.14 bits per heavy atom. The molecule has 0 saturated heterocycles. The molecule has 0 aliphatic rings. The number of hydrogen-bond donors (Lipinski definition) is 1. The molecule has 0 amide bonds. The van der Waals surface area contributed by atoms with Crippen molar-refractivity contribution in [3.63, 3.8) is 0 Å². The number of rotatable bonds is 4. The van der Waals surface area contributed by atoms with Crippen LogP contribution in [-0.2, 0) is 13.0 Å². The van der Waals surface area contributed by atoms with Gasteiger partial charge in [-0.1, -0.05) is 20.8 Å². The predicted molar refractivity (Wildman–Crippen MR) is 59.1 cm³/mol. The van der Waals surface area contributed by atoms with Gasteiger partial charge in [0.2, 0.25) is 0 Å². The molecule has 1 rings (SSSR count). The van der Waals surface area contributed by atoms with Gasteiger partial charge in [-0.3, -0.25) is 0 Å². The normalized spacial score (nSPS) is 12.0. The summed E-state index contributed by atoms with van der Waals surface area (Å²) in [7, 11) is 0. The zero-order valence-electron chi connectivity index (χ0n) is 9.45. The number of aromatic nitrogens is 2. The molecule has 3 nitrogen and oxygen atoms in total. The van der Waals surface area contributed by atoms with Gasteiger partial charge in [-0.2, -0.15) is 0 Å². The van der Waals surface area contributed by atoms with Crippen LogP contribution >= 0.6 is 0 Å². The molecule has 2 N–H and O–H groups in total. The van der Waals surface area contributed by atoms with Crippen LogP contribution in [-0.4, -0.2) is 16.1 Å². The molecule has 3 heteroatoms. The van der Waals surface area contributed by atoms with Gasteiger partial charge in [0.25, 0.3) is 0 Å². The topological polar surface area (TPSA) is 43.8 Å². The van der Waals surface area contributed by atoms with Crippen LogP contribution in [0.5, 0.6) is 0 Å². The lowest BCUT2D eigenvalue weighted by Gasteiger charge is -2.19. The van der Waals surface area contributed by atoms with E-state index >= 15 is 0 Å². The highest BCUT2D eigenvalue weighted by Gasteiger charge is 2.10. The smallest absolute Gasteiger partial charge is 0.0948 e. The highest BCUT2D eigenvalue weighted by atomic mass is 15.0. The maximum Gasteiger partial charge on any atom is 0.0948 e. The lowest BCUT2D eigenvalue weighted by atomic mass is 9.92. The molecule has 1 aromatic rings. The lowest BCUT2D eigenvalue weighted by Crippen LogP contribution is -2.13. The fourth-order valence-electron chi connectivity index (χ4n) is 1.36. The van der Waals surface area contributed by atoms with Crippen LogP contribution in [0, 0.1) is 5.41 Å². The van der Waals surface area contributed by atoms with Crippen molar-refractivity contribution in [2.45, 2.75) is 40.2 Å². The highest BCUT2D eigenvalue weighted by molar-refractivity contribution is 4.98. The summed E-state index contributed by atoms with van der Waals surface area (Å²) in [5.41, 5.74) is 7.16. The van der Waals surface area contributed by atoms with Crippen molar-refractivity contribution in [2.24, 2.45) is 11.1 Å². The summed E-state index contributed by atoms with van der Waals surface area (Å²) >= 11 is 0. The summed E-state index contributed by atoms with van der Waals surface area (Å²) in [5.74, 6) is 0. The Balaban J connectivity index is 2.53. The fourth-order valence-corrected chi connectivity index (χ4v) is 1.36. The molecule has 0 atom stereocenters. The standard InChI is InChI=1S/C11H21N3/c1-11(2,3)5-7-14-9-13-8-10(14)4-6-12/h8-9H,4-7,12H2,1-3H3. The number of imidazole rings is 1. The summed E-state index contributed by atoms with van der Waals surface area (Å²) in [6.45, 7) is 8.51. The summed E-state index contributed by atoms with van der Waals surface area (Å²) in [6, 6.07) is 0. The van der Waals surface area contributed by atoms with E-state index in [1.807, 2.05) is 12.5 Å². The largest absolute Gasteiger partial charge is 0.335 e. The molecule has 1 aromatic heterocycles. The zero-order chi connectivity index (χ0) is 10.6. The van der Waals surface area contributed by atoms with Crippen molar-refractivity contribution in [2.75, 3.05) is 6.54 Å². The van der Waals surface area contributed by atoms with Crippen molar-refractivity contribution in [1.29, 1.82) is 0 Å². The van der Waals surface area contributed by atoms with Crippen LogP contribution in [0.2, 0.25) is 0 Å². The van der Waals surface area contributed by atoms with Crippen molar-refractivity contribution in [3.8, 4) is 0 Å². The average molecular weight is 195 g/mol. The first-order valence-electron chi connectivity index (χ1n) is 5.22. The number of hydrogen-bond acceptors (Lipinski definition) is 2. The molecule has 0 aliphatic carbocycles. The van der Waals surface area contributed by atoms with Gasteiger partial charge in [-0.15, -0.1) is 0 Å². The van der Waals surface area contributed by atoms with Crippen molar-refractivity contribution in [3.05, 3.63) is 18.2 Å². The molecular formula is C11H21N3. The third kappa shape index (κ3) is 3.50. The SMILES string of the molecule is CC(C)(C)CCn1cncc1CCN. The molecule has 0 aliphatic heterocycles. The Morgan fingerprint density at radius 1 is 1.43 bits per heavy atom. The third-order valence-electron chi connectivity index (χ3n) is 2.30. The predicted octanol–water partition coefficient (Wildman–Crippen LogP) is 1.82. The van der Waals surface area contributed by atoms with E-state index in [0.717, 1.165) is 13.0 Å². The molecule has 0 spiro atoms. The van der Waals surface area contributed by atoms with E-state index < -0.39 is 0 Å². The summed E-state index contributed by atoms with van der Waals surface area (Å²) in [5, 5.41) is 0. The molecule has 0 bridgehead atoms. The second kappa shape index (κ2) is 4.60. The van der Waals surface area contributed by atoms with E-state index in [1.165, 1.54) is 12.1 Å². The minimum absolute atomic E-state index is 0.379. The Morgan fingerprint density at radius 3 is 2.71 bits per heavy atom. The Kier molecular flexibility index (Phi) is 3.69. The maximum absolute atomic E-state index is 5.53. The summed E-state index contributed by atoms with van der Waals surface area (Å²) in [6.07, 6.45) is 5.90. The Labute approximate surface area is 86.3 Å². The molecule has 0 aromatic carbocycles. The van der Waals surface area contributed by atoms with Gasteiger partial charge >= 0.3 is 0 Å². The van der Waals surface area contributed by atoms with Crippen molar-refractivity contribution < 1.29 is 0 Å². The van der Waals surface area contributed by atoms with Crippen LogP contribution < -0.4 is 5.73 Å². The Bertz CT molecular complexity index is 270. The molecular weight excluding hydrogens is 174 g/mol. The summed E-state index contributed by atoms with van der Waals surface area (Å²) < 4.78 is 2.21. The minimum Gasteiger partial charge on any atom is -0.335 e. The monoisotopic (exact) mass is 195 g/mol. The van der Waals surface area contributed by atoms with Gasteiger partial charge in [-0.05, 0) is 18.4 Å². The first-order chi connectivity index (χ1) is 6.53. The molecule has 0 saturated carbocycles. The average Bonchev–Trinajstić information content (AvgIpc) is 2.48. The maximum atomic E-state index is 5.53. The van der Waals surface area contributed by atoms with E-state index in [1.54, 1.807) is 0 Å². The summed E-state index contributed by atoms with van der Waals surface area (Å²) in [4.78, 5) is 4.15. The minimum atomic E-state index is 0.379. The quantitative estimate of drug-likeness (QED) is 0.796. The highest BCUT2D eigenvalue weighted by Crippen LogP contribution is 2.19. The van der Waals surface area contributed by atoms with Gasteiger partial charge in [0, 0.05) is 24.9 Å². The van der Waals surface area contributed by atoms with Gasteiger partial charge in [-0.25, -0.2) is 4.98 Å². The molecule has 0 fully saturated rings. The van der Waals surface area contributed by atoms with Gasteiger partial charge in [0.05, 0.1) is 6.33 Å². The van der Waals surface area contributed by atoms with E-state index in [4.69, 9.17) is 5.73 Å². The van der Waals surface area contributed by atoms with Crippen LogP contribution in [0.1, 0.15) is 32.9 Å². The van der Waals surface area contributed by atoms with Gasteiger partial charge in [0.1, 0.15) is 0 Å². The molecule has 80 valence electrons. The molecule has 1 heterocycles. The first kappa shape index (κ1) is 11.2. The molecule has 0 unspecified atom stereocenters. The van der Waals surface area contributed by atoms with E-state index in [0.29, 0.717) is 12.0 Å². The second-order valence-corrected chi connectivity index (χ2v) is 4.93. The van der Waals surface area contributed by atoms with E-state index in [-0.39, 0.29) is 0 Å².